The second-order valence-electron chi connectivity index (χ2n) is 11.6. The first-order chi connectivity index (χ1) is 19.4. The number of anilines is 4. The zero-order chi connectivity index (χ0) is 29.5. The zero-order valence-electron chi connectivity index (χ0n) is 24.5. The minimum Gasteiger partial charge on any atom is -0.488 e. The Bertz CT molecular complexity index is 1510. The second kappa shape index (κ2) is 11.7. The van der Waals surface area contributed by atoms with Gasteiger partial charge < -0.3 is 20.3 Å². The summed E-state index contributed by atoms with van der Waals surface area (Å²) in [5.41, 5.74) is 3.52. The number of hydrogen-bond acceptors (Lipinski definition) is 10. The molecule has 0 amide bonds. The van der Waals surface area contributed by atoms with Gasteiger partial charge in [-0.3, -0.25) is 4.68 Å². The van der Waals surface area contributed by atoms with Gasteiger partial charge in [0.2, 0.25) is 20.8 Å². The van der Waals surface area contributed by atoms with Crippen molar-refractivity contribution >= 4 is 44.6 Å². The first-order valence-electron chi connectivity index (χ1n) is 14.1. The van der Waals surface area contributed by atoms with Crippen molar-refractivity contribution in [1.29, 1.82) is 0 Å². The standard InChI is InChI=1S/C28H39ClN8O3S/c1-16(2)41(38,39)27-23(15-37(6)35-27)30-26-25(29)33-34-28(32-26)31-22-13-17(3)21(14-24(22)40-20-11-12-20)18-7-9-19(10-8-18)36(4)5/h13-16,18-20H,7-12H2,1-6H3,(H2,30,31,32,34). The molecule has 13 heteroatoms. The van der Waals surface area contributed by atoms with Crippen LogP contribution >= 0.6 is 11.6 Å². The van der Waals surface area contributed by atoms with Gasteiger partial charge in [0.25, 0.3) is 0 Å². The van der Waals surface area contributed by atoms with Crippen molar-refractivity contribution in [3.8, 4) is 5.75 Å². The number of hydrogen-bond donors (Lipinski definition) is 2. The van der Waals surface area contributed by atoms with Gasteiger partial charge in [-0.15, -0.1) is 10.2 Å². The van der Waals surface area contributed by atoms with E-state index < -0.39 is 15.1 Å². The molecule has 0 spiro atoms. The Morgan fingerprint density at radius 2 is 1.76 bits per heavy atom. The Labute approximate surface area is 247 Å². The third kappa shape index (κ3) is 6.60. The number of aryl methyl sites for hydroxylation is 2. The summed E-state index contributed by atoms with van der Waals surface area (Å²) in [5.74, 6) is 1.64. The van der Waals surface area contributed by atoms with Crippen molar-refractivity contribution in [2.24, 2.45) is 7.05 Å². The first-order valence-corrected chi connectivity index (χ1v) is 16.0. The zero-order valence-corrected chi connectivity index (χ0v) is 26.1. The summed E-state index contributed by atoms with van der Waals surface area (Å²) in [6.07, 6.45) is 8.54. The molecular formula is C28H39ClN8O3S. The Kier molecular flexibility index (Phi) is 8.45. The summed E-state index contributed by atoms with van der Waals surface area (Å²) in [6, 6.07) is 4.91. The molecule has 2 aliphatic rings. The van der Waals surface area contributed by atoms with E-state index in [4.69, 9.17) is 16.3 Å². The summed E-state index contributed by atoms with van der Waals surface area (Å²) in [4.78, 5) is 6.86. The van der Waals surface area contributed by atoms with Crippen molar-refractivity contribution in [2.75, 3.05) is 24.7 Å². The molecule has 0 radical (unpaired) electrons. The van der Waals surface area contributed by atoms with Crippen LogP contribution in [-0.2, 0) is 16.9 Å². The van der Waals surface area contributed by atoms with Gasteiger partial charge in [0.1, 0.15) is 5.75 Å². The minimum absolute atomic E-state index is 0.00149. The molecule has 11 nitrogen and oxygen atoms in total. The van der Waals surface area contributed by atoms with Gasteiger partial charge >= 0.3 is 0 Å². The van der Waals surface area contributed by atoms with Crippen LogP contribution < -0.4 is 15.4 Å². The smallest absolute Gasteiger partial charge is 0.249 e. The summed E-state index contributed by atoms with van der Waals surface area (Å²) in [5, 5.41) is 17.9. The van der Waals surface area contributed by atoms with E-state index in [-0.39, 0.29) is 33.7 Å². The van der Waals surface area contributed by atoms with E-state index >= 15 is 0 Å². The Hall–Kier alpha value is -2.96. The van der Waals surface area contributed by atoms with Gasteiger partial charge in [-0.25, -0.2) is 8.42 Å². The van der Waals surface area contributed by atoms with E-state index in [1.807, 2.05) is 0 Å². The van der Waals surface area contributed by atoms with Crippen LogP contribution in [0.5, 0.6) is 5.75 Å². The quantitative estimate of drug-likeness (QED) is 0.313. The fourth-order valence-electron chi connectivity index (χ4n) is 5.29. The monoisotopic (exact) mass is 602 g/mol. The minimum atomic E-state index is -3.65. The van der Waals surface area contributed by atoms with Crippen LogP contribution in [0.1, 0.15) is 69.4 Å². The van der Waals surface area contributed by atoms with Crippen LogP contribution in [0.2, 0.25) is 5.15 Å². The molecular weight excluding hydrogens is 564 g/mol. The Morgan fingerprint density at radius 3 is 2.39 bits per heavy atom. The van der Waals surface area contributed by atoms with Crippen LogP contribution in [0, 0.1) is 6.92 Å². The SMILES string of the molecule is Cc1cc(Nc2nnc(Cl)c(Nc3cn(C)nc3S(=O)(=O)C(C)C)n2)c(OC2CC2)cc1C1CCC(N(C)C)CC1. The third-order valence-corrected chi connectivity index (χ3v) is 10.2. The summed E-state index contributed by atoms with van der Waals surface area (Å²) < 4.78 is 33.5. The number of aromatic nitrogens is 5. The van der Waals surface area contributed by atoms with Crippen molar-refractivity contribution in [1.82, 2.24) is 29.9 Å². The average molecular weight is 603 g/mol. The van der Waals surface area contributed by atoms with Crippen LogP contribution in [0.25, 0.3) is 0 Å². The lowest BCUT2D eigenvalue weighted by Crippen LogP contribution is -2.31. The topological polar surface area (TPSA) is 127 Å². The van der Waals surface area contributed by atoms with Crippen molar-refractivity contribution < 1.29 is 13.2 Å². The lowest BCUT2D eigenvalue weighted by Gasteiger charge is -2.33. The normalized spacial score (nSPS) is 19.5. The second-order valence-corrected chi connectivity index (χ2v) is 14.4. The van der Waals surface area contributed by atoms with Gasteiger partial charge in [-0.1, -0.05) is 11.6 Å². The van der Waals surface area contributed by atoms with Crippen LogP contribution in [0.15, 0.2) is 23.4 Å². The Balaban J connectivity index is 1.41. The molecule has 0 atom stereocenters. The third-order valence-electron chi connectivity index (χ3n) is 7.88. The number of rotatable bonds is 10. The number of halogens is 1. The van der Waals surface area contributed by atoms with E-state index in [1.165, 1.54) is 28.7 Å². The predicted molar refractivity (Wildman–Crippen MR) is 160 cm³/mol. The maximum absolute atomic E-state index is 12.9. The fourth-order valence-corrected chi connectivity index (χ4v) is 6.51. The summed E-state index contributed by atoms with van der Waals surface area (Å²) in [7, 11) is 2.33. The van der Waals surface area contributed by atoms with Crippen molar-refractivity contribution in [3.63, 3.8) is 0 Å². The van der Waals surface area contributed by atoms with Gasteiger partial charge in [-0.2, -0.15) is 10.1 Å². The summed E-state index contributed by atoms with van der Waals surface area (Å²) >= 11 is 6.32. The molecule has 222 valence electrons. The van der Waals surface area contributed by atoms with E-state index in [0.717, 1.165) is 37.1 Å². The molecule has 5 rings (SSSR count). The molecule has 0 unspecified atom stereocenters. The van der Waals surface area contributed by atoms with Crippen molar-refractivity contribution in [3.05, 3.63) is 34.6 Å². The first kappa shape index (κ1) is 29.5. The molecule has 2 fully saturated rings. The maximum atomic E-state index is 12.9. The summed E-state index contributed by atoms with van der Waals surface area (Å²) in [6.45, 7) is 5.35. The number of sulfone groups is 1. The van der Waals surface area contributed by atoms with Gasteiger partial charge in [0.05, 0.1) is 22.7 Å². The highest BCUT2D eigenvalue weighted by Crippen LogP contribution is 2.42. The molecule has 41 heavy (non-hydrogen) atoms. The molecule has 0 saturated heterocycles. The number of nitrogens with zero attached hydrogens (tertiary/aromatic N) is 6. The predicted octanol–water partition coefficient (Wildman–Crippen LogP) is 5.37. The van der Waals surface area contributed by atoms with Gasteiger partial charge in [0.15, 0.2) is 11.0 Å². The number of benzene rings is 1. The van der Waals surface area contributed by atoms with Gasteiger partial charge in [-0.05, 0) is 103 Å². The maximum Gasteiger partial charge on any atom is 0.249 e. The average Bonchev–Trinajstić information content (AvgIpc) is 3.66. The highest BCUT2D eigenvalue weighted by molar-refractivity contribution is 7.92. The molecule has 2 saturated carbocycles. The van der Waals surface area contributed by atoms with E-state index in [2.05, 4.69) is 69.0 Å². The van der Waals surface area contributed by atoms with Crippen LogP contribution in [-0.4, -0.2) is 69.8 Å². The lowest BCUT2D eigenvalue weighted by atomic mass is 9.80. The number of ether oxygens (including phenoxy) is 1. The highest BCUT2D eigenvalue weighted by Gasteiger charge is 2.29. The number of nitrogens with one attached hydrogen (secondary N) is 2. The molecule has 2 aromatic heterocycles. The molecule has 0 bridgehead atoms. The highest BCUT2D eigenvalue weighted by atomic mass is 35.5. The molecule has 2 heterocycles. The van der Waals surface area contributed by atoms with Gasteiger partial charge in [0, 0.05) is 19.3 Å². The van der Waals surface area contributed by atoms with E-state index in [0.29, 0.717) is 12.0 Å². The Morgan fingerprint density at radius 1 is 1.05 bits per heavy atom. The lowest BCUT2D eigenvalue weighted by molar-refractivity contribution is 0.216. The van der Waals surface area contributed by atoms with E-state index in [1.54, 1.807) is 27.1 Å². The van der Waals surface area contributed by atoms with Crippen LogP contribution in [0.3, 0.4) is 0 Å². The largest absolute Gasteiger partial charge is 0.488 e. The molecule has 3 aromatic rings. The fraction of sp³-hybridized carbons (Fsp3) is 0.571. The molecule has 2 aliphatic carbocycles. The molecule has 2 N–H and O–H groups in total. The molecule has 0 aliphatic heterocycles. The van der Waals surface area contributed by atoms with Crippen LogP contribution in [0.4, 0.5) is 23.1 Å². The molecule has 1 aromatic carbocycles. The van der Waals surface area contributed by atoms with E-state index in [9.17, 15) is 8.42 Å². The van der Waals surface area contributed by atoms with Crippen molar-refractivity contribution in [2.45, 2.75) is 87.6 Å².